The number of likely N-dealkylation sites (N-methyl/N-ethyl adjacent to an activating group) is 5. The number of amides is 9. The molecule has 0 aromatic heterocycles. The summed E-state index contributed by atoms with van der Waals surface area (Å²) in [5.41, 5.74) is 10.1. The van der Waals surface area contributed by atoms with Crippen LogP contribution >= 0.6 is 0 Å². The van der Waals surface area contributed by atoms with Crippen molar-refractivity contribution in [2.24, 2.45) is 11.5 Å². The third kappa shape index (κ3) is 22.9. The fraction of sp³-hybridized carbons (Fsp3) is 0.615. The zero-order valence-electron chi connectivity index (χ0n) is 27.6. The lowest BCUT2D eigenvalue weighted by Gasteiger charge is -2.19. The molecule has 21 nitrogen and oxygen atoms in total. The number of nitrogens with two attached hydrogens (primary N) is 2. The van der Waals surface area contributed by atoms with Crippen molar-refractivity contribution in [3.8, 4) is 0 Å². The van der Waals surface area contributed by atoms with Crippen molar-refractivity contribution in [2.75, 3.05) is 108 Å². The molecule has 0 bridgehead atoms. The van der Waals surface area contributed by atoms with E-state index in [4.69, 9.17) is 11.5 Å². The standard InChI is InChI=1S/C17H29N7O7.C9H18N4O3/c1-22(15(29)6-18)10-13(27)20-8-17(31)24(3)11-14(28)21-7-16(30)23(2)9-12(26)19-4-5-25;1-12(2)6-8(15)11-4-9(16)13(3)5-7(10)14/h5H,4,6-11,18H2,1-3H3,(H,19,26)(H,20,27)(H,21,28);4-6H2,1-3H3,(H2,10,14)(H,11,15). The van der Waals surface area contributed by atoms with E-state index in [0.717, 1.165) is 19.6 Å². The lowest BCUT2D eigenvalue weighted by molar-refractivity contribution is -0.137. The molecule has 0 aliphatic rings. The molecule has 266 valence electrons. The molecular formula is C26H47N11O10. The molecule has 0 aliphatic heterocycles. The van der Waals surface area contributed by atoms with Crippen molar-refractivity contribution >= 4 is 59.5 Å². The fourth-order valence-corrected chi connectivity index (χ4v) is 2.98. The number of primary amides is 1. The first-order valence-corrected chi connectivity index (χ1v) is 13.9. The molecule has 9 amide bonds. The van der Waals surface area contributed by atoms with Gasteiger partial charge in [-0.2, -0.15) is 0 Å². The van der Waals surface area contributed by atoms with E-state index in [-0.39, 0.29) is 70.7 Å². The van der Waals surface area contributed by atoms with Crippen LogP contribution in [0.2, 0.25) is 0 Å². The van der Waals surface area contributed by atoms with Gasteiger partial charge < -0.3 is 62.0 Å². The zero-order chi connectivity index (χ0) is 36.7. The molecule has 47 heavy (non-hydrogen) atoms. The Morgan fingerprint density at radius 1 is 0.511 bits per heavy atom. The third-order valence-electron chi connectivity index (χ3n) is 5.57. The van der Waals surface area contributed by atoms with Crippen molar-refractivity contribution < 1.29 is 47.9 Å². The highest BCUT2D eigenvalue weighted by molar-refractivity contribution is 5.92. The molecule has 0 spiro atoms. The SMILES string of the molecule is CN(C)CC(=O)NCC(=O)N(C)CC(N)=O.CN(CC(=O)NCC(=O)N(C)CC(=O)NCC(=O)N(C)CC(=O)NCC=O)C(=O)CN. The summed E-state index contributed by atoms with van der Waals surface area (Å²) in [7, 11) is 9.03. The largest absolute Gasteiger partial charge is 0.368 e. The number of carbonyl (C=O) groups is 10. The number of hydrogen-bond donors (Lipinski definition) is 6. The summed E-state index contributed by atoms with van der Waals surface area (Å²) in [5, 5.41) is 9.36. The van der Waals surface area contributed by atoms with Gasteiger partial charge in [-0.25, -0.2) is 0 Å². The minimum atomic E-state index is -0.623. The summed E-state index contributed by atoms with van der Waals surface area (Å²) >= 11 is 0. The quantitative estimate of drug-likeness (QED) is 0.0697. The Morgan fingerprint density at radius 2 is 0.830 bits per heavy atom. The predicted molar refractivity (Wildman–Crippen MR) is 165 cm³/mol. The van der Waals surface area contributed by atoms with Gasteiger partial charge in [-0.05, 0) is 14.1 Å². The summed E-state index contributed by atoms with van der Waals surface area (Å²) in [6, 6.07) is 0. The molecule has 0 fully saturated rings. The fourth-order valence-electron chi connectivity index (χ4n) is 2.98. The maximum atomic E-state index is 12.0. The second kappa shape index (κ2) is 24.1. The Balaban J connectivity index is 0. The van der Waals surface area contributed by atoms with Crippen LogP contribution in [0.4, 0.5) is 0 Å². The van der Waals surface area contributed by atoms with E-state index in [2.05, 4.69) is 21.3 Å². The van der Waals surface area contributed by atoms with Gasteiger partial charge in [-0.15, -0.1) is 0 Å². The van der Waals surface area contributed by atoms with Crippen molar-refractivity contribution in [2.45, 2.75) is 0 Å². The number of carbonyl (C=O) groups excluding carboxylic acids is 10. The van der Waals surface area contributed by atoms with Crippen LogP contribution in [0.25, 0.3) is 0 Å². The summed E-state index contributed by atoms with van der Waals surface area (Å²) in [4.78, 5) is 120. The van der Waals surface area contributed by atoms with Gasteiger partial charge in [0.05, 0.1) is 65.4 Å². The van der Waals surface area contributed by atoms with Gasteiger partial charge >= 0.3 is 0 Å². The number of hydrogen-bond acceptors (Lipinski definition) is 12. The van der Waals surface area contributed by atoms with Gasteiger partial charge in [0.15, 0.2) is 0 Å². The molecule has 0 aromatic carbocycles. The minimum absolute atomic E-state index is 0.129. The Labute approximate surface area is 272 Å². The van der Waals surface area contributed by atoms with E-state index in [1.165, 1.54) is 28.2 Å². The van der Waals surface area contributed by atoms with Gasteiger partial charge in [0.2, 0.25) is 53.2 Å². The summed E-state index contributed by atoms with van der Waals surface area (Å²) < 4.78 is 0. The molecule has 0 aromatic rings. The molecule has 0 atom stereocenters. The van der Waals surface area contributed by atoms with Crippen LogP contribution in [0.5, 0.6) is 0 Å². The Hall–Kier alpha value is -5.18. The monoisotopic (exact) mass is 673 g/mol. The molecule has 0 radical (unpaired) electrons. The van der Waals surface area contributed by atoms with E-state index in [9.17, 15) is 47.9 Å². The second-order valence-electron chi connectivity index (χ2n) is 10.2. The molecule has 0 unspecified atom stereocenters. The summed E-state index contributed by atoms with van der Waals surface area (Å²) in [6.07, 6.45) is 0.504. The van der Waals surface area contributed by atoms with Gasteiger partial charge in [0, 0.05) is 28.2 Å². The molecule has 0 rings (SSSR count). The van der Waals surface area contributed by atoms with Crippen molar-refractivity contribution in [3.05, 3.63) is 0 Å². The third-order valence-corrected chi connectivity index (χ3v) is 5.57. The summed E-state index contributed by atoms with van der Waals surface area (Å²) in [6.45, 7) is -2.17. The number of aldehydes is 1. The van der Waals surface area contributed by atoms with Crippen molar-refractivity contribution in [1.29, 1.82) is 0 Å². The van der Waals surface area contributed by atoms with Gasteiger partial charge in [0.25, 0.3) is 0 Å². The molecular weight excluding hydrogens is 626 g/mol. The van der Waals surface area contributed by atoms with Crippen molar-refractivity contribution in [3.63, 3.8) is 0 Å². The normalized spacial score (nSPS) is 9.87. The van der Waals surface area contributed by atoms with Crippen LogP contribution in [0.3, 0.4) is 0 Å². The van der Waals surface area contributed by atoms with Crippen LogP contribution in [0.1, 0.15) is 0 Å². The summed E-state index contributed by atoms with van der Waals surface area (Å²) in [5.74, 6) is -4.45. The average Bonchev–Trinajstić information content (AvgIpc) is 2.99. The van der Waals surface area contributed by atoms with Gasteiger partial charge in [-0.3, -0.25) is 43.2 Å². The highest BCUT2D eigenvalue weighted by Crippen LogP contribution is 1.88. The Bertz CT molecular complexity index is 1130. The molecule has 0 heterocycles. The smallest absolute Gasteiger partial charge is 0.242 e. The van der Waals surface area contributed by atoms with Crippen LogP contribution in [0, 0.1) is 0 Å². The van der Waals surface area contributed by atoms with E-state index < -0.39 is 47.9 Å². The van der Waals surface area contributed by atoms with Crippen LogP contribution in [-0.2, 0) is 47.9 Å². The Morgan fingerprint density at radius 3 is 1.15 bits per heavy atom. The van der Waals surface area contributed by atoms with Crippen LogP contribution in [0.15, 0.2) is 0 Å². The van der Waals surface area contributed by atoms with Crippen molar-refractivity contribution in [1.82, 2.24) is 45.8 Å². The lowest BCUT2D eigenvalue weighted by atomic mass is 10.4. The molecule has 0 saturated carbocycles. The van der Waals surface area contributed by atoms with Gasteiger partial charge in [0.1, 0.15) is 6.29 Å². The Kier molecular flexibility index (Phi) is 22.5. The first kappa shape index (κ1) is 43.9. The van der Waals surface area contributed by atoms with Crippen LogP contribution < -0.4 is 32.7 Å². The van der Waals surface area contributed by atoms with E-state index in [0.29, 0.717) is 6.29 Å². The van der Waals surface area contributed by atoms with E-state index in [1.807, 2.05) is 0 Å². The average molecular weight is 674 g/mol. The maximum Gasteiger partial charge on any atom is 0.242 e. The number of nitrogens with one attached hydrogen (secondary N) is 4. The maximum absolute atomic E-state index is 12.0. The van der Waals surface area contributed by atoms with E-state index in [1.54, 1.807) is 19.0 Å². The zero-order valence-corrected chi connectivity index (χ0v) is 27.6. The highest BCUT2D eigenvalue weighted by Gasteiger charge is 2.18. The lowest BCUT2D eigenvalue weighted by Crippen LogP contribution is -2.47. The first-order chi connectivity index (χ1) is 21.8. The number of nitrogens with zero attached hydrogens (tertiary/aromatic N) is 5. The predicted octanol–water partition coefficient (Wildman–Crippen LogP) is -7.52. The minimum Gasteiger partial charge on any atom is -0.368 e. The molecule has 0 aliphatic carbocycles. The van der Waals surface area contributed by atoms with E-state index >= 15 is 0 Å². The number of rotatable bonds is 19. The molecule has 0 saturated heterocycles. The first-order valence-electron chi connectivity index (χ1n) is 13.9. The topological polar surface area (TPSA) is 287 Å². The molecule has 8 N–H and O–H groups in total. The van der Waals surface area contributed by atoms with Crippen LogP contribution in [-0.4, -0.2) is 192 Å². The second-order valence-corrected chi connectivity index (χ2v) is 10.2. The van der Waals surface area contributed by atoms with Gasteiger partial charge in [-0.1, -0.05) is 0 Å². The highest BCUT2D eigenvalue weighted by atomic mass is 16.2. The molecule has 21 heteroatoms.